The number of benzene rings is 1. The van der Waals surface area contributed by atoms with E-state index in [9.17, 15) is 9.18 Å². The Morgan fingerprint density at radius 1 is 1.30 bits per heavy atom. The minimum Gasteiger partial charge on any atom is -0.493 e. The maximum absolute atomic E-state index is 14.3. The molecule has 1 aliphatic rings. The van der Waals surface area contributed by atoms with Gasteiger partial charge in [-0.15, -0.1) is 0 Å². The Kier molecular flexibility index (Phi) is 5.43. The molecule has 0 aliphatic carbocycles. The second-order valence-corrected chi connectivity index (χ2v) is 5.69. The van der Waals surface area contributed by atoms with E-state index in [0.717, 1.165) is 0 Å². The van der Waals surface area contributed by atoms with Gasteiger partial charge in [0, 0.05) is 24.8 Å². The average molecular weight is 326 g/mol. The molecule has 1 aromatic carbocycles. The van der Waals surface area contributed by atoms with E-state index in [1.54, 1.807) is 6.92 Å². The van der Waals surface area contributed by atoms with E-state index in [1.807, 2.05) is 0 Å². The Morgan fingerprint density at radius 2 is 1.87 bits per heavy atom. The molecule has 128 valence electrons. The van der Waals surface area contributed by atoms with Gasteiger partial charge in [0.1, 0.15) is 5.82 Å². The molecule has 1 fully saturated rings. The van der Waals surface area contributed by atoms with Crippen molar-refractivity contribution in [3.8, 4) is 11.5 Å². The average Bonchev–Trinajstić information content (AvgIpc) is 2.54. The van der Waals surface area contributed by atoms with Crippen molar-refractivity contribution in [1.29, 1.82) is 0 Å². The zero-order valence-corrected chi connectivity index (χ0v) is 13.6. The number of carbonyl (C=O) groups is 1. The van der Waals surface area contributed by atoms with E-state index in [2.05, 4.69) is 5.32 Å². The van der Waals surface area contributed by atoms with Crippen molar-refractivity contribution in [2.45, 2.75) is 31.3 Å². The first-order chi connectivity index (χ1) is 10.9. The number of hydrogen-bond donors (Lipinski definition) is 2. The molecule has 0 spiro atoms. The lowest BCUT2D eigenvalue weighted by Crippen LogP contribution is -2.57. The first-order valence-electron chi connectivity index (χ1n) is 7.50. The Morgan fingerprint density at radius 3 is 2.43 bits per heavy atom. The summed E-state index contributed by atoms with van der Waals surface area (Å²) in [5.41, 5.74) is 5.48. The minimum atomic E-state index is -0.973. The van der Waals surface area contributed by atoms with E-state index in [4.69, 9.17) is 19.9 Å². The number of ether oxygens (including phenoxy) is 3. The summed E-state index contributed by atoms with van der Waals surface area (Å²) in [5, 5.41) is 2.78. The number of hydrogen-bond acceptors (Lipinski definition) is 5. The second kappa shape index (κ2) is 7.14. The standard InChI is InChI=1S/C16H23FN2O4/c1-10(19-15(20)16(18)4-6-23-7-5-16)11-8-13(21-2)14(22-3)9-12(11)17/h8-10H,4-7,18H2,1-3H3,(H,19,20). The Bertz CT molecular complexity index is 573. The van der Waals surface area contributed by atoms with E-state index in [-0.39, 0.29) is 5.91 Å². The first kappa shape index (κ1) is 17.5. The third-order valence-electron chi connectivity index (χ3n) is 4.15. The molecule has 1 aliphatic heterocycles. The van der Waals surface area contributed by atoms with Gasteiger partial charge in [-0.1, -0.05) is 0 Å². The molecule has 2 rings (SSSR count). The van der Waals surface area contributed by atoms with Crippen LogP contribution in [0.5, 0.6) is 11.5 Å². The van der Waals surface area contributed by atoms with Gasteiger partial charge < -0.3 is 25.3 Å². The van der Waals surface area contributed by atoms with Crippen molar-refractivity contribution in [2.24, 2.45) is 5.73 Å². The van der Waals surface area contributed by atoms with Crippen LogP contribution in [0.25, 0.3) is 0 Å². The SMILES string of the molecule is COc1cc(F)c(C(C)NC(=O)C2(N)CCOCC2)cc1OC. The normalized spacial score (nSPS) is 18.1. The number of carbonyl (C=O) groups excluding carboxylic acids is 1. The highest BCUT2D eigenvalue weighted by Crippen LogP contribution is 2.32. The number of rotatable bonds is 5. The van der Waals surface area contributed by atoms with Gasteiger partial charge in [0.25, 0.3) is 0 Å². The lowest BCUT2D eigenvalue weighted by atomic mass is 9.90. The smallest absolute Gasteiger partial charge is 0.240 e. The Labute approximate surface area is 135 Å². The fraction of sp³-hybridized carbons (Fsp3) is 0.562. The summed E-state index contributed by atoms with van der Waals surface area (Å²) in [4.78, 5) is 12.4. The summed E-state index contributed by atoms with van der Waals surface area (Å²) >= 11 is 0. The van der Waals surface area contributed by atoms with Crippen molar-refractivity contribution < 1.29 is 23.4 Å². The van der Waals surface area contributed by atoms with Gasteiger partial charge in [0.2, 0.25) is 5.91 Å². The van der Waals surface area contributed by atoms with Crippen molar-refractivity contribution >= 4 is 5.91 Å². The number of nitrogens with one attached hydrogen (secondary N) is 1. The van der Waals surface area contributed by atoms with E-state index < -0.39 is 17.4 Å². The van der Waals surface area contributed by atoms with Gasteiger partial charge in [-0.3, -0.25) is 4.79 Å². The van der Waals surface area contributed by atoms with Crippen LogP contribution >= 0.6 is 0 Å². The van der Waals surface area contributed by atoms with E-state index in [1.165, 1.54) is 26.4 Å². The van der Waals surface area contributed by atoms with Crippen molar-refractivity contribution in [2.75, 3.05) is 27.4 Å². The van der Waals surface area contributed by atoms with E-state index in [0.29, 0.717) is 43.1 Å². The molecule has 1 saturated heterocycles. The highest BCUT2D eigenvalue weighted by Gasteiger charge is 2.36. The third-order valence-corrected chi connectivity index (χ3v) is 4.15. The Balaban J connectivity index is 2.17. The third kappa shape index (κ3) is 3.73. The highest BCUT2D eigenvalue weighted by atomic mass is 19.1. The van der Waals surface area contributed by atoms with Crippen LogP contribution in [0.2, 0.25) is 0 Å². The van der Waals surface area contributed by atoms with Crippen LogP contribution in [0.1, 0.15) is 31.4 Å². The summed E-state index contributed by atoms with van der Waals surface area (Å²) < 4.78 is 29.7. The number of nitrogens with two attached hydrogens (primary N) is 1. The molecule has 0 aromatic heterocycles. The van der Waals surface area contributed by atoms with Gasteiger partial charge in [-0.05, 0) is 25.8 Å². The fourth-order valence-electron chi connectivity index (χ4n) is 2.58. The van der Waals surface area contributed by atoms with Crippen LogP contribution in [0.3, 0.4) is 0 Å². The lowest BCUT2D eigenvalue weighted by Gasteiger charge is -2.33. The van der Waals surface area contributed by atoms with Crippen molar-refractivity contribution in [1.82, 2.24) is 5.32 Å². The van der Waals surface area contributed by atoms with Crippen LogP contribution in [0, 0.1) is 5.82 Å². The molecular weight excluding hydrogens is 303 g/mol. The zero-order valence-electron chi connectivity index (χ0n) is 13.6. The van der Waals surface area contributed by atoms with Crippen LogP contribution in [0.4, 0.5) is 4.39 Å². The molecule has 1 amide bonds. The summed E-state index contributed by atoms with van der Waals surface area (Å²) in [6.45, 7) is 2.59. The summed E-state index contributed by atoms with van der Waals surface area (Å²) in [6, 6.07) is 2.21. The van der Waals surface area contributed by atoms with Crippen LogP contribution in [0.15, 0.2) is 12.1 Å². The summed E-state index contributed by atoms with van der Waals surface area (Å²) in [5.74, 6) is -0.0819. The lowest BCUT2D eigenvalue weighted by molar-refractivity contribution is -0.130. The summed E-state index contributed by atoms with van der Waals surface area (Å²) in [7, 11) is 2.91. The monoisotopic (exact) mass is 326 g/mol. The molecule has 1 aromatic rings. The maximum atomic E-state index is 14.3. The number of amides is 1. The molecule has 0 saturated carbocycles. The van der Waals surface area contributed by atoms with Crippen LogP contribution in [-0.4, -0.2) is 38.9 Å². The van der Waals surface area contributed by atoms with Crippen LogP contribution < -0.4 is 20.5 Å². The molecular formula is C16H23FN2O4. The molecule has 1 unspecified atom stereocenters. The van der Waals surface area contributed by atoms with Gasteiger partial charge in [-0.2, -0.15) is 0 Å². The maximum Gasteiger partial charge on any atom is 0.240 e. The fourth-order valence-corrected chi connectivity index (χ4v) is 2.58. The van der Waals surface area contributed by atoms with Gasteiger partial charge in [0.05, 0.1) is 25.8 Å². The van der Waals surface area contributed by atoms with Crippen LogP contribution in [-0.2, 0) is 9.53 Å². The van der Waals surface area contributed by atoms with E-state index >= 15 is 0 Å². The number of methoxy groups -OCH3 is 2. The molecule has 1 heterocycles. The zero-order chi connectivity index (χ0) is 17.0. The molecule has 23 heavy (non-hydrogen) atoms. The van der Waals surface area contributed by atoms with Gasteiger partial charge in [0.15, 0.2) is 11.5 Å². The Hall–Kier alpha value is -1.86. The molecule has 3 N–H and O–H groups in total. The van der Waals surface area contributed by atoms with Crippen molar-refractivity contribution in [3.05, 3.63) is 23.5 Å². The second-order valence-electron chi connectivity index (χ2n) is 5.69. The predicted molar refractivity (Wildman–Crippen MR) is 83.0 cm³/mol. The first-order valence-corrected chi connectivity index (χ1v) is 7.50. The minimum absolute atomic E-state index is 0.298. The molecule has 6 nitrogen and oxygen atoms in total. The van der Waals surface area contributed by atoms with Gasteiger partial charge in [-0.25, -0.2) is 4.39 Å². The molecule has 1 atom stereocenters. The highest BCUT2D eigenvalue weighted by molar-refractivity contribution is 5.86. The molecule has 0 bridgehead atoms. The van der Waals surface area contributed by atoms with Gasteiger partial charge >= 0.3 is 0 Å². The quantitative estimate of drug-likeness (QED) is 0.857. The summed E-state index contributed by atoms with van der Waals surface area (Å²) in [6.07, 6.45) is 0.889. The largest absolute Gasteiger partial charge is 0.493 e. The molecule has 0 radical (unpaired) electrons. The van der Waals surface area contributed by atoms with Crippen molar-refractivity contribution in [3.63, 3.8) is 0 Å². The molecule has 7 heteroatoms. The predicted octanol–water partition coefficient (Wildman–Crippen LogP) is 1.53. The number of halogens is 1. The topological polar surface area (TPSA) is 82.8 Å².